The fraction of sp³-hybridized carbons (Fsp3) is 0. The first kappa shape index (κ1) is 8.39. The second kappa shape index (κ2) is 4.15. The monoisotopic (exact) mass is 184 g/mol. The molecule has 0 amide bonds. The standard InChI is InChI=1S/C12H8S/c1-3-7-11(8-4-1)13-12-9-5-2-6-10-12/h3-10H. The Morgan fingerprint density at radius 3 is 1.46 bits per heavy atom. The Bertz CT molecular complexity index is 316. The normalized spacial score (nSPS) is 9.85. The minimum absolute atomic E-state index is 1.24. The van der Waals surface area contributed by atoms with Crippen LogP contribution >= 0.6 is 11.8 Å². The van der Waals surface area contributed by atoms with Crippen LogP contribution < -0.4 is 0 Å². The lowest BCUT2D eigenvalue weighted by atomic mass is 10.4. The maximum atomic E-state index is 3.00. The predicted molar refractivity (Wildman–Crippen MR) is 54.7 cm³/mol. The van der Waals surface area contributed by atoms with Gasteiger partial charge in [-0.2, -0.15) is 0 Å². The van der Waals surface area contributed by atoms with Crippen LogP contribution in [0.2, 0.25) is 0 Å². The molecule has 2 rings (SSSR count). The lowest BCUT2D eigenvalue weighted by molar-refractivity contribution is 1.40. The minimum atomic E-state index is 1.24. The van der Waals surface area contributed by atoms with Gasteiger partial charge in [-0.1, -0.05) is 36.0 Å². The second-order valence-electron chi connectivity index (χ2n) is 2.57. The van der Waals surface area contributed by atoms with Gasteiger partial charge in [-0.25, -0.2) is 0 Å². The van der Waals surface area contributed by atoms with Crippen LogP contribution in [0.15, 0.2) is 58.3 Å². The van der Waals surface area contributed by atoms with Gasteiger partial charge in [-0.05, 0) is 36.4 Å². The van der Waals surface area contributed by atoms with Crippen molar-refractivity contribution in [3.63, 3.8) is 0 Å². The third-order valence-electron chi connectivity index (χ3n) is 1.61. The molecule has 0 fully saturated rings. The van der Waals surface area contributed by atoms with Gasteiger partial charge in [0.05, 0.1) is 0 Å². The van der Waals surface area contributed by atoms with Crippen molar-refractivity contribution >= 4 is 11.8 Å². The van der Waals surface area contributed by atoms with Crippen LogP contribution in [0.5, 0.6) is 0 Å². The summed E-state index contributed by atoms with van der Waals surface area (Å²) >= 11 is 1.75. The molecule has 0 aliphatic rings. The van der Waals surface area contributed by atoms with E-state index in [0.29, 0.717) is 0 Å². The summed E-state index contributed by atoms with van der Waals surface area (Å²) < 4.78 is 0. The van der Waals surface area contributed by atoms with E-state index in [1.165, 1.54) is 9.79 Å². The molecule has 1 heteroatoms. The van der Waals surface area contributed by atoms with E-state index in [1.807, 2.05) is 24.3 Å². The number of benzene rings is 2. The van der Waals surface area contributed by atoms with Crippen molar-refractivity contribution in [2.75, 3.05) is 0 Å². The summed E-state index contributed by atoms with van der Waals surface area (Å²) in [5.41, 5.74) is 0. The fourth-order valence-corrected chi connectivity index (χ4v) is 1.83. The molecule has 0 aromatic heterocycles. The Morgan fingerprint density at radius 2 is 1.08 bits per heavy atom. The highest BCUT2D eigenvalue weighted by Gasteiger charge is 1.93. The average molecular weight is 184 g/mol. The van der Waals surface area contributed by atoms with Crippen molar-refractivity contribution in [3.8, 4) is 0 Å². The summed E-state index contributed by atoms with van der Waals surface area (Å²) in [6.07, 6.45) is 0. The highest BCUT2D eigenvalue weighted by Crippen LogP contribution is 2.26. The number of rotatable bonds is 2. The second-order valence-corrected chi connectivity index (χ2v) is 3.72. The molecule has 2 radical (unpaired) electrons. The smallest absolute Gasteiger partial charge is 0.0122 e. The van der Waals surface area contributed by atoms with E-state index in [1.54, 1.807) is 11.8 Å². The van der Waals surface area contributed by atoms with Crippen LogP contribution in [0.25, 0.3) is 0 Å². The lowest BCUT2D eigenvalue weighted by Crippen LogP contribution is -1.71. The molecule has 2 aromatic rings. The highest BCUT2D eigenvalue weighted by molar-refractivity contribution is 7.99. The average Bonchev–Trinajstić information content (AvgIpc) is 2.21. The van der Waals surface area contributed by atoms with Crippen LogP contribution in [-0.2, 0) is 0 Å². The summed E-state index contributed by atoms with van der Waals surface area (Å²) in [5.74, 6) is 0. The van der Waals surface area contributed by atoms with E-state index in [0.717, 1.165) is 0 Å². The number of hydrogen-bond acceptors (Lipinski definition) is 1. The SMILES string of the molecule is [c]1ccc(Sc2cc[c]cc2)cc1. The molecule has 0 atom stereocenters. The van der Waals surface area contributed by atoms with Gasteiger partial charge in [0.2, 0.25) is 0 Å². The molecule has 0 saturated heterocycles. The molecule has 13 heavy (non-hydrogen) atoms. The van der Waals surface area contributed by atoms with Crippen molar-refractivity contribution in [1.29, 1.82) is 0 Å². The molecular weight excluding hydrogens is 176 g/mol. The molecule has 0 spiro atoms. The maximum Gasteiger partial charge on any atom is 0.0122 e. The van der Waals surface area contributed by atoms with Gasteiger partial charge in [-0.15, -0.1) is 0 Å². The molecule has 0 N–H and O–H groups in total. The summed E-state index contributed by atoms with van der Waals surface area (Å²) in [6.45, 7) is 0. The third-order valence-corrected chi connectivity index (χ3v) is 2.63. The van der Waals surface area contributed by atoms with Crippen LogP contribution in [-0.4, -0.2) is 0 Å². The van der Waals surface area contributed by atoms with E-state index in [9.17, 15) is 0 Å². The molecule has 0 heterocycles. The topological polar surface area (TPSA) is 0 Å². The van der Waals surface area contributed by atoms with Gasteiger partial charge in [0.1, 0.15) is 0 Å². The minimum Gasteiger partial charge on any atom is -0.0901 e. The van der Waals surface area contributed by atoms with Gasteiger partial charge < -0.3 is 0 Å². The third kappa shape index (κ3) is 2.36. The zero-order valence-corrected chi connectivity index (χ0v) is 7.84. The van der Waals surface area contributed by atoms with Crippen molar-refractivity contribution in [2.45, 2.75) is 9.79 Å². The molecule has 62 valence electrons. The first-order valence-corrected chi connectivity index (χ1v) is 4.87. The summed E-state index contributed by atoms with van der Waals surface area (Å²) in [6, 6.07) is 21.9. The van der Waals surface area contributed by atoms with Gasteiger partial charge in [0.25, 0.3) is 0 Å². The van der Waals surface area contributed by atoms with E-state index in [-0.39, 0.29) is 0 Å². The number of hydrogen-bond donors (Lipinski definition) is 0. The molecule has 0 aliphatic carbocycles. The zero-order chi connectivity index (χ0) is 8.93. The van der Waals surface area contributed by atoms with E-state index in [2.05, 4.69) is 36.4 Å². The van der Waals surface area contributed by atoms with Crippen LogP contribution in [0.4, 0.5) is 0 Å². The quantitative estimate of drug-likeness (QED) is 0.689. The predicted octanol–water partition coefficient (Wildman–Crippen LogP) is 3.44. The Hall–Kier alpha value is -1.21. The first-order chi connectivity index (χ1) is 6.45. The molecule has 0 nitrogen and oxygen atoms in total. The summed E-state index contributed by atoms with van der Waals surface area (Å²) in [5, 5.41) is 0. The summed E-state index contributed by atoms with van der Waals surface area (Å²) in [7, 11) is 0. The van der Waals surface area contributed by atoms with E-state index >= 15 is 0 Å². The van der Waals surface area contributed by atoms with Crippen molar-refractivity contribution in [2.24, 2.45) is 0 Å². The van der Waals surface area contributed by atoms with Gasteiger partial charge in [0, 0.05) is 9.79 Å². The lowest BCUT2D eigenvalue weighted by Gasteiger charge is -1.99. The van der Waals surface area contributed by atoms with E-state index in [4.69, 9.17) is 0 Å². The van der Waals surface area contributed by atoms with Crippen molar-refractivity contribution < 1.29 is 0 Å². The molecule has 2 aromatic carbocycles. The molecule has 0 bridgehead atoms. The van der Waals surface area contributed by atoms with Crippen LogP contribution in [0.1, 0.15) is 0 Å². The molecule has 0 aliphatic heterocycles. The first-order valence-electron chi connectivity index (χ1n) is 4.05. The maximum absolute atomic E-state index is 3.00. The van der Waals surface area contributed by atoms with Crippen LogP contribution in [0, 0.1) is 12.1 Å². The molecular formula is C12H8S. The Kier molecular flexibility index (Phi) is 2.68. The zero-order valence-electron chi connectivity index (χ0n) is 7.03. The van der Waals surface area contributed by atoms with Gasteiger partial charge in [0.15, 0.2) is 0 Å². The van der Waals surface area contributed by atoms with E-state index < -0.39 is 0 Å². The Labute approximate surface area is 82.6 Å². The van der Waals surface area contributed by atoms with Crippen molar-refractivity contribution in [3.05, 3.63) is 60.7 Å². The molecule has 0 unspecified atom stereocenters. The van der Waals surface area contributed by atoms with Crippen molar-refractivity contribution in [1.82, 2.24) is 0 Å². The Morgan fingerprint density at radius 1 is 0.692 bits per heavy atom. The molecule has 0 saturated carbocycles. The van der Waals surface area contributed by atoms with Crippen LogP contribution in [0.3, 0.4) is 0 Å². The van der Waals surface area contributed by atoms with Gasteiger partial charge in [-0.3, -0.25) is 0 Å². The highest BCUT2D eigenvalue weighted by atomic mass is 32.2. The van der Waals surface area contributed by atoms with Gasteiger partial charge >= 0.3 is 0 Å². The Balaban J connectivity index is 2.16. The summed E-state index contributed by atoms with van der Waals surface area (Å²) in [4.78, 5) is 2.48. The fourth-order valence-electron chi connectivity index (χ4n) is 1.02. The largest absolute Gasteiger partial charge is 0.0901 e.